The van der Waals surface area contributed by atoms with Gasteiger partial charge in [0.1, 0.15) is 6.73 Å². The van der Waals surface area contributed by atoms with E-state index in [-0.39, 0.29) is 0 Å². The monoisotopic (exact) mass is 303 g/mol. The molecule has 0 saturated carbocycles. The molecule has 1 fully saturated rings. The zero-order chi connectivity index (χ0) is 12.4. The van der Waals surface area contributed by atoms with Crippen LogP contribution in [-0.2, 0) is 4.74 Å². The molecule has 1 atom stereocenters. The van der Waals surface area contributed by atoms with Gasteiger partial charge in [0.05, 0.1) is 12.6 Å². The van der Waals surface area contributed by atoms with Crippen LogP contribution in [0.15, 0.2) is 59.1 Å². The van der Waals surface area contributed by atoms with Crippen molar-refractivity contribution in [2.24, 2.45) is 0 Å². The molecule has 3 rings (SSSR count). The van der Waals surface area contributed by atoms with Crippen molar-refractivity contribution in [1.29, 1.82) is 0 Å². The lowest BCUT2D eigenvalue weighted by atomic mass is 10.1. The van der Waals surface area contributed by atoms with Crippen molar-refractivity contribution in [2.75, 3.05) is 18.2 Å². The lowest BCUT2D eigenvalue weighted by Crippen LogP contribution is -2.23. The van der Waals surface area contributed by atoms with Crippen LogP contribution in [-0.4, -0.2) is 13.3 Å². The SMILES string of the molecule is Brc1ccc(N2COCC2c2ccccc2)cc1. The molecular formula is C15H14BrNO. The zero-order valence-electron chi connectivity index (χ0n) is 9.92. The van der Waals surface area contributed by atoms with Crippen molar-refractivity contribution >= 4 is 21.6 Å². The van der Waals surface area contributed by atoms with Crippen LogP contribution in [0.5, 0.6) is 0 Å². The molecule has 0 N–H and O–H groups in total. The number of benzene rings is 2. The number of halogens is 1. The van der Waals surface area contributed by atoms with Gasteiger partial charge in [-0.1, -0.05) is 46.3 Å². The second-order valence-corrected chi connectivity index (χ2v) is 5.29. The molecule has 1 heterocycles. The Kier molecular flexibility index (Phi) is 3.35. The third-order valence-corrected chi connectivity index (χ3v) is 3.75. The molecule has 1 aliphatic heterocycles. The van der Waals surface area contributed by atoms with Crippen LogP contribution in [0.3, 0.4) is 0 Å². The number of hydrogen-bond donors (Lipinski definition) is 0. The molecule has 2 aromatic carbocycles. The van der Waals surface area contributed by atoms with Gasteiger partial charge < -0.3 is 9.64 Å². The van der Waals surface area contributed by atoms with Gasteiger partial charge in [0, 0.05) is 10.2 Å². The fourth-order valence-electron chi connectivity index (χ4n) is 2.28. The van der Waals surface area contributed by atoms with Gasteiger partial charge in [-0.15, -0.1) is 0 Å². The second-order valence-electron chi connectivity index (χ2n) is 4.37. The first kappa shape index (κ1) is 11.8. The summed E-state index contributed by atoms with van der Waals surface area (Å²) in [6, 6.07) is 19.2. The van der Waals surface area contributed by atoms with E-state index in [2.05, 4.69) is 69.4 Å². The molecule has 0 radical (unpaired) electrons. The topological polar surface area (TPSA) is 12.5 Å². The van der Waals surface area contributed by atoms with E-state index < -0.39 is 0 Å². The molecule has 0 aliphatic carbocycles. The van der Waals surface area contributed by atoms with Crippen molar-refractivity contribution in [3.63, 3.8) is 0 Å². The quantitative estimate of drug-likeness (QED) is 0.832. The van der Waals surface area contributed by atoms with Crippen LogP contribution in [0.25, 0.3) is 0 Å². The third kappa shape index (κ3) is 2.28. The lowest BCUT2D eigenvalue weighted by molar-refractivity contribution is 0.194. The van der Waals surface area contributed by atoms with Crippen LogP contribution in [0.2, 0.25) is 0 Å². The maximum Gasteiger partial charge on any atom is 0.119 e. The predicted molar refractivity (Wildman–Crippen MR) is 76.6 cm³/mol. The number of ether oxygens (including phenoxy) is 1. The van der Waals surface area contributed by atoms with Crippen LogP contribution in [0.1, 0.15) is 11.6 Å². The van der Waals surface area contributed by atoms with Crippen LogP contribution in [0, 0.1) is 0 Å². The summed E-state index contributed by atoms with van der Waals surface area (Å²) in [7, 11) is 0. The van der Waals surface area contributed by atoms with Crippen molar-refractivity contribution < 1.29 is 4.74 Å². The Morgan fingerprint density at radius 2 is 1.72 bits per heavy atom. The molecule has 0 amide bonds. The maximum atomic E-state index is 5.62. The summed E-state index contributed by atoms with van der Waals surface area (Å²) < 4.78 is 6.72. The van der Waals surface area contributed by atoms with Crippen molar-refractivity contribution in [3.05, 3.63) is 64.6 Å². The second kappa shape index (κ2) is 5.12. The first-order valence-corrected chi connectivity index (χ1v) is 6.79. The van der Waals surface area contributed by atoms with Gasteiger partial charge in [-0.3, -0.25) is 0 Å². The van der Waals surface area contributed by atoms with E-state index in [4.69, 9.17) is 4.74 Å². The van der Waals surface area contributed by atoms with Gasteiger partial charge >= 0.3 is 0 Å². The standard InChI is InChI=1S/C15H14BrNO/c16-13-6-8-14(9-7-13)17-11-18-10-15(17)12-4-2-1-3-5-12/h1-9,15H,10-11H2. The molecule has 18 heavy (non-hydrogen) atoms. The normalized spacial score (nSPS) is 19.2. The average molecular weight is 304 g/mol. The molecule has 2 nitrogen and oxygen atoms in total. The van der Waals surface area contributed by atoms with Crippen LogP contribution < -0.4 is 4.90 Å². The summed E-state index contributed by atoms with van der Waals surface area (Å²) in [5.41, 5.74) is 2.50. The van der Waals surface area contributed by atoms with Gasteiger partial charge in [-0.2, -0.15) is 0 Å². The van der Waals surface area contributed by atoms with Crippen LogP contribution in [0.4, 0.5) is 5.69 Å². The summed E-state index contributed by atoms with van der Waals surface area (Å²) in [4.78, 5) is 2.29. The maximum absolute atomic E-state index is 5.62. The van der Waals surface area contributed by atoms with Crippen molar-refractivity contribution in [3.8, 4) is 0 Å². The Labute approximate surface area is 115 Å². The minimum absolute atomic E-state index is 0.312. The number of anilines is 1. The Balaban J connectivity index is 1.90. The lowest BCUT2D eigenvalue weighted by Gasteiger charge is -2.25. The Hall–Kier alpha value is -1.32. The highest BCUT2D eigenvalue weighted by atomic mass is 79.9. The summed E-state index contributed by atoms with van der Waals surface area (Å²) in [6.07, 6.45) is 0. The van der Waals surface area contributed by atoms with E-state index in [9.17, 15) is 0 Å². The fraction of sp³-hybridized carbons (Fsp3) is 0.200. The van der Waals surface area contributed by atoms with E-state index >= 15 is 0 Å². The molecule has 0 bridgehead atoms. The van der Waals surface area contributed by atoms with E-state index in [1.165, 1.54) is 11.3 Å². The fourth-order valence-corrected chi connectivity index (χ4v) is 2.55. The molecule has 1 unspecified atom stereocenters. The molecule has 1 aliphatic rings. The Morgan fingerprint density at radius 3 is 2.44 bits per heavy atom. The van der Waals surface area contributed by atoms with Crippen molar-refractivity contribution in [2.45, 2.75) is 6.04 Å². The molecule has 92 valence electrons. The van der Waals surface area contributed by atoms with Gasteiger partial charge in [0.15, 0.2) is 0 Å². The number of nitrogens with zero attached hydrogens (tertiary/aromatic N) is 1. The van der Waals surface area contributed by atoms with Gasteiger partial charge in [-0.25, -0.2) is 0 Å². The Bertz CT molecular complexity index is 512. The minimum atomic E-state index is 0.312. The molecule has 0 aromatic heterocycles. The summed E-state index contributed by atoms with van der Waals surface area (Å²) in [5.74, 6) is 0. The van der Waals surface area contributed by atoms with Gasteiger partial charge in [0.25, 0.3) is 0 Å². The highest BCUT2D eigenvalue weighted by Crippen LogP contribution is 2.31. The van der Waals surface area contributed by atoms with E-state index in [0.717, 1.165) is 11.1 Å². The minimum Gasteiger partial charge on any atom is -0.359 e. The van der Waals surface area contributed by atoms with E-state index in [1.54, 1.807) is 0 Å². The van der Waals surface area contributed by atoms with Crippen molar-refractivity contribution in [1.82, 2.24) is 0 Å². The first-order chi connectivity index (χ1) is 8.84. The van der Waals surface area contributed by atoms with Gasteiger partial charge in [-0.05, 0) is 29.8 Å². The molecule has 0 spiro atoms. The molecular weight excluding hydrogens is 290 g/mol. The molecule has 2 aromatic rings. The Morgan fingerprint density at radius 1 is 1.00 bits per heavy atom. The third-order valence-electron chi connectivity index (χ3n) is 3.22. The average Bonchev–Trinajstić information content (AvgIpc) is 2.90. The first-order valence-electron chi connectivity index (χ1n) is 5.99. The highest BCUT2D eigenvalue weighted by molar-refractivity contribution is 9.10. The van der Waals surface area contributed by atoms with Crippen LogP contribution >= 0.6 is 15.9 Å². The molecule has 3 heteroatoms. The number of rotatable bonds is 2. The summed E-state index contributed by atoms with van der Waals surface area (Å²) >= 11 is 3.46. The summed E-state index contributed by atoms with van der Waals surface area (Å²) in [5, 5.41) is 0. The zero-order valence-corrected chi connectivity index (χ0v) is 11.5. The molecule has 1 saturated heterocycles. The predicted octanol–water partition coefficient (Wildman–Crippen LogP) is 3.98. The smallest absolute Gasteiger partial charge is 0.119 e. The number of hydrogen-bond acceptors (Lipinski definition) is 2. The van der Waals surface area contributed by atoms with E-state index in [0.29, 0.717) is 12.8 Å². The van der Waals surface area contributed by atoms with Gasteiger partial charge in [0.2, 0.25) is 0 Å². The van der Waals surface area contributed by atoms with E-state index in [1.807, 2.05) is 6.07 Å². The summed E-state index contributed by atoms with van der Waals surface area (Å²) in [6.45, 7) is 1.40. The highest BCUT2D eigenvalue weighted by Gasteiger charge is 2.26. The largest absolute Gasteiger partial charge is 0.359 e.